The van der Waals surface area contributed by atoms with Gasteiger partial charge in [0.05, 0.1) is 6.61 Å². The standard InChI is InChI=1S/C13H28N2O/c1-13(2,3)11-5-7-15(8-6-11)12(9-14)10-16-4/h11-12H,5-10,14H2,1-4H3. The van der Waals surface area contributed by atoms with E-state index in [0.717, 1.165) is 12.5 Å². The Bertz CT molecular complexity index is 193. The Kier molecular flexibility index (Phi) is 5.22. The molecule has 0 aromatic carbocycles. The number of hydrogen-bond acceptors (Lipinski definition) is 3. The molecule has 1 heterocycles. The van der Waals surface area contributed by atoms with Crippen LogP contribution in [-0.2, 0) is 4.74 Å². The minimum absolute atomic E-state index is 0.408. The monoisotopic (exact) mass is 228 g/mol. The zero-order chi connectivity index (χ0) is 12.2. The number of hydrogen-bond donors (Lipinski definition) is 1. The van der Waals surface area contributed by atoms with Gasteiger partial charge in [0.1, 0.15) is 0 Å². The molecular weight excluding hydrogens is 200 g/mol. The molecule has 0 aromatic rings. The molecule has 2 N–H and O–H groups in total. The lowest BCUT2D eigenvalue weighted by molar-refractivity contribution is 0.0469. The van der Waals surface area contributed by atoms with E-state index in [0.29, 0.717) is 18.0 Å². The molecule has 1 unspecified atom stereocenters. The predicted molar refractivity (Wildman–Crippen MR) is 68.5 cm³/mol. The van der Waals surface area contributed by atoms with E-state index in [-0.39, 0.29) is 0 Å². The van der Waals surface area contributed by atoms with Crippen molar-refractivity contribution < 1.29 is 4.74 Å². The van der Waals surface area contributed by atoms with Crippen LogP contribution in [0, 0.1) is 11.3 Å². The lowest BCUT2D eigenvalue weighted by Crippen LogP contribution is -2.48. The Morgan fingerprint density at radius 1 is 1.31 bits per heavy atom. The molecule has 0 spiro atoms. The van der Waals surface area contributed by atoms with E-state index in [4.69, 9.17) is 10.5 Å². The van der Waals surface area contributed by atoms with Crippen molar-refractivity contribution in [2.75, 3.05) is 33.4 Å². The van der Waals surface area contributed by atoms with Crippen LogP contribution in [0.15, 0.2) is 0 Å². The van der Waals surface area contributed by atoms with Crippen LogP contribution in [-0.4, -0.2) is 44.3 Å². The maximum atomic E-state index is 5.79. The van der Waals surface area contributed by atoms with E-state index < -0.39 is 0 Å². The molecule has 0 amide bonds. The van der Waals surface area contributed by atoms with Gasteiger partial charge < -0.3 is 10.5 Å². The van der Waals surface area contributed by atoms with E-state index >= 15 is 0 Å². The fourth-order valence-corrected chi connectivity index (χ4v) is 2.65. The first-order valence-corrected chi connectivity index (χ1v) is 6.42. The summed E-state index contributed by atoms with van der Waals surface area (Å²) in [5.41, 5.74) is 6.24. The van der Waals surface area contributed by atoms with Crippen LogP contribution in [0.5, 0.6) is 0 Å². The van der Waals surface area contributed by atoms with Crippen LogP contribution >= 0.6 is 0 Å². The first-order valence-electron chi connectivity index (χ1n) is 6.42. The van der Waals surface area contributed by atoms with Gasteiger partial charge in [-0.05, 0) is 37.3 Å². The van der Waals surface area contributed by atoms with E-state index in [9.17, 15) is 0 Å². The molecule has 1 aliphatic rings. The first-order chi connectivity index (χ1) is 7.49. The summed E-state index contributed by atoms with van der Waals surface area (Å²) in [6.45, 7) is 10.9. The Labute approximate surface area is 100 Å². The minimum Gasteiger partial charge on any atom is -0.383 e. The van der Waals surface area contributed by atoms with Gasteiger partial charge in [-0.1, -0.05) is 20.8 Å². The first kappa shape index (κ1) is 13.9. The Morgan fingerprint density at radius 2 is 1.88 bits per heavy atom. The highest BCUT2D eigenvalue weighted by atomic mass is 16.5. The van der Waals surface area contributed by atoms with Crippen LogP contribution in [0.2, 0.25) is 0 Å². The second-order valence-corrected chi connectivity index (χ2v) is 6.02. The van der Waals surface area contributed by atoms with E-state index in [1.54, 1.807) is 7.11 Å². The summed E-state index contributed by atoms with van der Waals surface area (Å²) in [6, 6.07) is 0.408. The normalized spacial score (nSPS) is 22.3. The van der Waals surface area contributed by atoms with Crippen LogP contribution in [0.1, 0.15) is 33.6 Å². The van der Waals surface area contributed by atoms with Crippen molar-refractivity contribution in [3.63, 3.8) is 0 Å². The Morgan fingerprint density at radius 3 is 2.25 bits per heavy atom. The zero-order valence-corrected chi connectivity index (χ0v) is 11.3. The molecule has 0 radical (unpaired) electrons. The number of rotatable bonds is 4. The van der Waals surface area contributed by atoms with Gasteiger partial charge in [0.15, 0.2) is 0 Å². The van der Waals surface area contributed by atoms with Crippen LogP contribution in [0.3, 0.4) is 0 Å². The molecule has 1 atom stereocenters. The molecule has 0 aliphatic carbocycles. The van der Waals surface area contributed by atoms with Crippen molar-refractivity contribution in [1.82, 2.24) is 4.90 Å². The average molecular weight is 228 g/mol. The summed E-state index contributed by atoms with van der Waals surface area (Å²) in [7, 11) is 1.75. The molecule has 1 fully saturated rings. The third kappa shape index (κ3) is 3.72. The fourth-order valence-electron chi connectivity index (χ4n) is 2.65. The van der Waals surface area contributed by atoms with Gasteiger partial charge in [-0.3, -0.25) is 4.90 Å². The van der Waals surface area contributed by atoms with Crippen LogP contribution < -0.4 is 5.73 Å². The topological polar surface area (TPSA) is 38.5 Å². The fraction of sp³-hybridized carbons (Fsp3) is 1.00. The maximum absolute atomic E-state index is 5.79. The third-order valence-corrected chi connectivity index (χ3v) is 3.90. The largest absolute Gasteiger partial charge is 0.383 e. The highest BCUT2D eigenvalue weighted by Gasteiger charge is 2.30. The van der Waals surface area contributed by atoms with Gasteiger partial charge in [-0.15, -0.1) is 0 Å². The second kappa shape index (κ2) is 5.99. The van der Waals surface area contributed by atoms with Gasteiger partial charge in [0.2, 0.25) is 0 Å². The quantitative estimate of drug-likeness (QED) is 0.796. The molecule has 3 nitrogen and oxygen atoms in total. The summed E-state index contributed by atoms with van der Waals surface area (Å²) < 4.78 is 5.22. The van der Waals surface area contributed by atoms with Gasteiger partial charge in [0, 0.05) is 19.7 Å². The number of nitrogens with two attached hydrogens (primary N) is 1. The number of piperidine rings is 1. The van der Waals surface area contributed by atoms with Crippen molar-refractivity contribution in [1.29, 1.82) is 0 Å². The maximum Gasteiger partial charge on any atom is 0.0630 e. The summed E-state index contributed by atoms with van der Waals surface area (Å²) in [4.78, 5) is 2.49. The van der Waals surface area contributed by atoms with E-state index in [2.05, 4.69) is 25.7 Å². The smallest absolute Gasteiger partial charge is 0.0630 e. The third-order valence-electron chi connectivity index (χ3n) is 3.90. The predicted octanol–water partition coefficient (Wildman–Crippen LogP) is 1.72. The molecule has 0 aromatic heterocycles. The van der Waals surface area contributed by atoms with E-state index in [1.165, 1.54) is 25.9 Å². The van der Waals surface area contributed by atoms with Gasteiger partial charge in [-0.2, -0.15) is 0 Å². The zero-order valence-electron chi connectivity index (χ0n) is 11.3. The van der Waals surface area contributed by atoms with E-state index in [1.807, 2.05) is 0 Å². The molecule has 1 saturated heterocycles. The highest BCUT2D eigenvalue weighted by molar-refractivity contribution is 4.83. The highest BCUT2D eigenvalue weighted by Crippen LogP contribution is 2.34. The summed E-state index contributed by atoms with van der Waals surface area (Å²) in [5.74, 6) is 0.852. The molecule has 96 valence electrons. The Balaban J connectivity index is 2.41. The van der Waals surface area contributed by atoms with Crippen LogP contribution in [0.25, 0.3) is 0 Å². The molecule has 0 bridgehead atoms. The summed E-state index contributed by atoms with van der Waals surface area (Å²) in [5, 5.41) is 0. The van der Waals surface area contributed by atoms with Crippen molar-refractivity contribution in [3.05, 3.63) is 0 Å². The Hall–Kier alpha value is -0.120. The van der Waals surface area contributed by atoms with Gasteiger partial charge >= 0.3 is 0 Å². The van der Waals surface area contributed by atoms with Crippen molar-refractivity contribution in [2.24, 2.45) is 17.1 Å². The molecule has 3 heteroatoms. The van der Waals surface area contributed by atoms with Gasteiger partial charge in [0.25, 0.3) is 0 Å². The lowest BCUT2D eigenvalue weighted by Gasteiger charge is -2.41. The SMILES string of the molecule is COCC(CN)N1CCC(C(C)(C)C)CC1. The van der Waals surface area contributed by atoms with Crippen LogP contribution in [0.4, 0.5) is 0 Å². The molecule has 16 heavy (non-hydrogen) atoms. The van der Waals surface area contributed by atoms with Gasteiger partial charge in [-0.25, -0.2) is 0 Å². The molecule has 1 aliphatic heterocycles. The number of methoxy groups -OCH3 is 1. The van der Waals surface area contributed by atoms with Crippen molar-refractivity contribution in [3.8, 4) is 0 Å². The number of ether oxygens (including phenoxy) is 1. The number of nitrogens with zero attached hydrogens (tertiary/aromatic N) is 1. The lowest BCUT2D eigenvalue weighted by atomic mass is 9.75. The molecule has 1 rings (SSSR count). The van der Waals surface area contributed by atoms with Crippen molar-refractivity contribution >= 4 is 0 Å². The molecular formula is C13H28N2O. The minimum atomic E-state index is 0.408. The summed E-state index contributed by atoms with van der Waals surface area (Å²) in [6.07, 6.45) is 2.59. The second-order valence-electron chi connectivity index (χ2n) is 6.02. The molecule has 0 saturated carbocycles. The average Bonchev–Trinajstić information content (AvgIpc) is 2.25. The number of likely N-dealkylation sites (tertiary alicyclic amines) is 1. The van der Waals surface area contributed by atoms with Crippen molar-refractivity contribution in [2.45, 2.75) is 39.7 Å². The summed E-state index contributed by atoms with van der Waals surface area (Å²) >= 11 is 0.